The summed E-state index contributed by atoms with van der Waals surface area (Å²) in [5, 5.41) is 0. The van der Waals surface area contributed by atoms with Crippen molar-refractivity contribution >= 4 is 17.5 Å². The Bertz CT molecular complexity index is 1270. The molecule has 1 amide bonds. The number of carbonyl (C=O) groups excluding carboxylic acids is 1. The zero-order valence-electron chi connectivity index (χ0n) is 20.5. The van der Waals surface area contributed by atoms with Crippen LogP contribution in [-0.2, 0) is 10.2 Å². The Morgan fingerprint density at radius 2 is 1.81 bits per heavy atom. The quantitative estimate of drug-likeness (QED) is 0.526. The molecule has 1 saturated heterocycles. The van der Waals surface area contributed by atoms with Crippen LogP contribution in [0.3, 0.4) is 0 Å². The molecule has 1 aliphatic carbocycles. The minimum absolute atomic E-state index is 0.0664. The zero-order chi connectivity index (χ0) is 24.7. The predicted octanol–water partition coefficient (Wildman–Crippen LogP) is 3.87. The Labute approximate surface area is 210 Å². The number of carbonyl (C=O) groups is 1. The molecule has 3 aromatic rings. The van der Waals surface area contributed by atoms with E-state index in [4.69, 9.17) is 4.74 Å². The normalized spacial score (nSPS) is 18.5. The highest BCUT2D eigenvalue weighted by molar-refractivity contribution is 5.96. The average Bonchev–Trinajstić information content (AvgIpc) is 3.63. The summed E-state index contributed by atoms with van der Waals surface area (Å²) < 4.78 is 19.4. The third-order valence-electron chi connectivity index (χ3n) is 7.76. The van der Waals surface area contributed by atoms with Crippen LogP contribution in [0.1, 0.15) is 28.8 Å². The van der Waals surface area contributed by atoms with Gasteiger partial charge in [-0.1, -0.05) is 24.3 Å². The van der Waals surface area contributed by atoms with Crippen LogP contribution in [0.25, 0.3) is 11.1 Å². The van der Waals surface area contributed by atoms with Crippen LogP contribution in [0.15, 0.2) is 54.9 Å². The van der Waals surface area contributed by atoms with Crippen LogP contribution in [0.2, 0.25) is 0 Å². The summed E-state index contributed by atoms with van der Waals surface area (Å²) in [6.45, 7) is 5.55. The van der Waals surface area contributed by atoms with Gasteiger partial charge in [-0.05, 0) is 36.6 Å². The van der Waals surface area contributed by atoms with E-state index in [1.807, 2.05) is 17.0 Å². The van der Waals surface area contributed by atoms with Gasteiger partial charge < -0.3 is 14.5 Å². The summed E-state index contributed by atoms with van der Waals surface area (Å²) in [5.41, 5.74) is 4.23. The minimum atomic E-state index is -0.292. The van der Waals surface area contributed by atoms with Crippen molar-refractivity contribution in [3.8, 4) is 11.1 Å². The van der Waals surface area contributed by atoms with Crippen LogP contribution in [0.5, 0.6) is 0 Å². The maximum atomic E-state index is 14.2. The van der Waals surface area contributed by atoms with Crippen molar-refractivity contribution in [1.82, 2.24) is 19.8 Å². The van der Waals surface area contributed by atoms with E-state index in [2.05, 4.69) is 25.8 Å². The molecule has 8 heteroatoms. The van der Waals surface area contributed by atoms with Gasteiger partial charge >= 0.3 is 0 Å². The average molecular weight is 488 g/mol. The molecule has 0 atom stereocenters. The number of anilines is 2. The molecular weight excluding hydrogens is 457 g/mol. The van der Waals surface area contributed by atoms with Gasteiger partial charge in [0.1, 0.15) is 5.82 Å². The molecule has 0 N–H and O–H groups in total. The number of piperazine rings is 1. The largest absolute Gasteiger partial charge is 0.383 e. The summed E-state index contributed by atoms with van der Waals surface area (Å²) in [5.74, 6) is 0.355. The van der Waals surface area contributed by atoms with Crippen LogP contribution in [0, 0.1) is 5.82 Å². The Hall–Kier alpha value is -3.36. The van der Waals surface area contributed by atoms with E-state index in [1.54, 1.807) is 37.7 Å². The monoisotopic (exact) mass is 487 g/mol. The number of nitrogens with zero attached hydrogens (tertiary/aromatic N) is 5. The molecule has 0 unspecified atom stereocenters. The lowest BCUT2D eigenvalue weighted by Crippen LogP contribution is -2.49. The lowest BCUT2D eigenvalue weighted by Gasteiger charge is -2.34. The molecule has 3 aliphatic rings. The van der Waals surface area contributed by atoms with Crippen molar-refractivity contribution in [3.63, 3.8) is 0 Å². The summed E-state index contributed by atoms with van der Waals surface area (Å²) in [6.07, 6.45) is 5.60. The second-order valence-electron chi connectivity index (χ2n) is 9.98. The molecule has 2 fully saturated rings. The zero-order valence-corrected chi connectivity index (χ0v) is 20.5. The molecule has 2 aliphatic heterocycles. The molecular formula is C28H30FN5O2. The lowest BCUT2D eigenvalue weighted by molar-refractivity contribution is 0.0594. The van der Waals surface area contributed by atoms with Crippen molar-refractivity contribution in [2.75, 3.05) is 57.9 Å². The topological polar surface area (TPSA) is 61.8 Å². The number of ether oxygens (including phenoxy) is 1. The van der Waals surface area contributed by atoms with E-state index >= 15 is 0 Å². The van der Waals surface area contributed by atoms with Crippen molar-refractivity contribution in [2.24, 2.45) is 0 Å². The van der Waals surface area contributed by atoms with Crippen molar-refractivity contribution in [3.05, 3.63) is 71.8 Å². The lowest BCUT2D eigenvalue weighted by atomic mass is 9.97. The van der Waals surface area contributed by atoms with E-state index in [0.29, 0.717) is 42.3 Å². The molecule has 1 aromatic heterocycles. The molecule has 3 heterocycles. The highest BCUT2D eigenvalue weighted by Crippen LogP contribution is 2.57. The van der Waals surface area contributed by atoms with E-state index in [9.17, 15) is 9.18 Å². The Morgan fingerprint density at radius 1 is 1.06 bits per heavy atom. The second-order valence-corrected chi connectivity index (χ2v) is 9.98. The number of rotatable bonds is 6. The predicted molar refractivity (Wildman–Crippen MR) is 136 cm³/mol. The Morgan fingerprint density at radius 3 is 2.50 bits per heavy atom. The number of amides is 1. The van der Waals surface area contributed by atoms with Gasteiger partial charge in [0.2, 0.25) is 5.95 Å². The first-order valence-electron chi connectivity index (χ1n) is 12.6. The molecule has 0 bridgehead atoms. The Balaban J connectivity index is 1.23. The summed E-state index contributed by atoms with van der Waals surface area (Å²) in [4.78, 5) is 29.0. The van der Waals surface area contributed by atoms with Gasteiger partial charge in [0.05, 0.1) is 6.61 Å². The van der Waals surface area contributed by atoms with Gasteiger partial charge in [0.25, 0.3) is 5.91 Å². The molecule has 2 aromatic carbocycles. The first kappa shape index (κ1) is 23.1. The van der Waals surface area contributed by atoms with Crippen LogP contribution in [-0.4, -0.2) is 78.7 Å². The highest BCUT2D eigenvalue weighted by atomic mass is 19.1. The number of aromatic nitrogens is 2. The number of hydrogen-bond acceptors (Lipinski definition) is 6. The van der Waals surface area contributed by atoms with Crippen LogP contribution < -0.4 is 4.90 Å². The first-order valence-corrected chi connectivity index (χ1v) is 12.6. The third kappa shape index (κ3) is 4.14. The van der Waals surface area contributed by atoms with Gasteiger partial charge in [-0.3, -0.25) is 9.69 Å². The standard InChI is InChI=1S/C28H30FN5O2/c1-36-15-14-32-10-12-33(13-11-32)26(35)20-6-7-23-25(16-20)34(19-28(23)8-9-28)27-30-17-21(18-31-27)22-4-2-3-5-24(22)29/h2-7,16-18H,8-15,19H2,1H3. The van der Waals surface area contributed by atoms with Crippen molar-refractivity contribution in [1.29, 1.82) is 0 Å². The molecule has 186 valence electrons. The fourth-order valence-corrected chi connectivity index (χ4v) is 5.44. The summed E-state index contributed by atoms with van der Waals surface area (Å²) in [6, 6.07) is 12.8. The van der Waals surface area contributed by atoms with E-state index in [1.165, 1.54) is 11.6 Å². The van der Waals surface area contributed by atoms with Gasteiger partial charge in [0, 0.05) is 86.6 Å². The highest BCUT2D eigenvalue weighted by Gasteiger charge is 2.52. The van der Waals surface area contributed by atoms with Gasteiger partial charge in [-0.15, -0.1) is 0 Å². The Kier molecular flexibility index (Phi) is 5.93. The summed E-state index contributed by atoms with van der Waals surface area (Å²) in [7, 11) is 1.71. The maximum Gasteiger partial charge on any atom is 0.254 e. The first-order chi connectivity index (χ1) is 17.6. The fraction of sp³-hybridized carbons (Fsp3) is 0.393. The third-order valence-corrected chi connectivity index (χ3v) is 7.76. The number of methoxy groups -OCH3 is 1. The molecule has 1 spiro atoms. The summed E-state index contributed by atoms with van der Waals surface area (Å²) >= 11 is 0. The number of hydrogen-bond donors (Lipinski definition) is 0. The number of benzene rings is 2. The van der Waals surface area contributed by atoms with Crippen LogP contribution in [0.4, 0.5) is 16.0 Å². The van der Waals surface area contributed by atoms with Gasteiger partial charge in [-0.2, -0.15) is 0 Å². The van der Waals surface area contributed by atoms with Crippen molar-refractivity contribution in [2.45, 2.75) is 18.3 Å². The molecule has 1 saturated carbocycles. The van der Waals surface area contributed by atoms with E-state index in [0.717, 1.165) is 44.7 Å². The SMILES string of the molecule is COCCN1CCN(C(=O)c2ccc3c(c2)N(c2ncc(-c4ccccc4F)cn2)CC32CC2)CC1. The molecule has 0 radical (unpaired) electrons. The number of halogens is 1. The fourth-order valence-electron chi connectivity index (χ4n) is 5.44. The van der Waals surface area contributed by atoms with Gasteiger partial charge in [-0.25, -0.2) is 14.4 Å². The van der Waals surface area contributed by atoms with Crippen LogP contribution >= 0.6 is 0 Å². The maximum absolute atomic E-state index is 14.2. The van der Waals surface area contributed by atoms with Gasteiger partial charge in [0.15, 0.2) is 0 Å². The smallest absolute Gasteiger partial charge is 0.254 e. The van der Waals surface area contributed by atoms with E-state index in [-0.39, 0.29) is 17.1 Å². The molecule has 7 nitrogen and oxygen atoms in total. The second kappa shape index (κ2) is 9.26. The van der Waals surface area contributed by atoms with E-state index < -0.39 is 0 Å². The molecule has 6 rings (SSSR count). The minimum Gasteiger partial charge on any atom is -0.383 e. The number of fused-ring (bicyclic) bond motifs is 2. The molecule has 36 heavy (non-hydrogen) atoms. The van der Waals surface area contributed by atoms with Crippen molar-refractivity contribution < 1.29 is 13.9 Å².